The number of ether oxygens (including phenoxy) is 2. The third-order valence-corrected chi connectivity index (χ3v) is 5.96. The molecule has 3 heterocycles. The molecule has 3 aromatic rings. The highest BCUT2D eigenvalue weighted by Crippen LogP contribution is 2.36. The van der Waals surface area contributed by atoms with Crippen LogP contribution in [0.1, 0.15) is 24.8 Å². The Morgan fingerprint density at radius 2 is 2.03 bits per heavy atom. The largest absolute Gasteiger partial charge is 0.387 e. The molecule has 12 nitrogen and oxygen atoms in total. The van der Waals surface area contributed by atoms with Crippen molar-refractivity contribution in [1.29, 1.82) is 0 Å². The summed E-state index contributed by atoms with van der Waals surface area (Å²) in [6, 6.07) is 5.79. The van der Waals surface area contributed by atoms with Gasteiger partial charge in [0.2, 0.25) is 5.28 Å². The van der Waals surface area contributed by atoms with E-state index in [0.29, 0.717) is 10.9 Å². The summed E-state index contributed by atoms with van der Waals surface area (Å²) < 4.78 is 36.9. The van der Waals surface area contributed by atoms with Crippen LogP contribution >= 0.6 is 19.2 Å². The van der Waals surface area contributed by atoms with E-state index >= 15 is 0 Å². The quantitative estimate of drug-likeness (QED) is 0.217. The van der Waals surface area contributed by atoms with Crippen LogP contribution in [0.25, 0.3) is 11.0 Å². The minimum atomic E-state index is -4.40. The van der Waals surface area contributed by atoms with Gasteiger partial charge >= 0.3 is 7.60 Å². The van der Waals surface area contributed by atoms with Gasteiger partial charge in [-0.2, -0.15) is 15.1 Å². The van der Waals surface area contributed by atoms with E-state index in [0.717, 1.165) is 0 Å². The van der Waals surface area contributed by atoms with Crippen molar-refractivity contribution >= 4 is 36.0 Å². The van der Waals surface area contributed by atoms with Crippen molar-refractivity contribution in [2.75, 3.05) is 18.3 Å². The van der Waals surface area contributed by atoms with E-state index in [4.69, 9.17) is 30.9 Å². The van der Waals surface area contributed by atoms with E-state index in [1.807, 2.05) is 0 Å². The summed E-state index contributed by atoms with van der Waals surface area (Å²) in [7, 11) is -4.40. The molecule has 2 aromatic heterocycles. The summed E-state index contributed by atoms with van der Waals surface area (Å²) in [6.07, 6.45) is -4.60. The van der Waals surface area contributed by atoms with Crippen LogP contribution in [-0.2, 0) is 14.0 Å². The Morgan fingerprint density at radius 1 is 1.29 bits per heavy atom. The molecule has 1 aliphatic heterocycles. The Labute approximate surface area is 197 Å². The van der Waals surface area contributed by atoms with Crippen molar-refractivity contribution in [1.82, 2.24) is 19.7 Å². The maximum absolute atomic E-state index is 14.2. The van der Waals surface area contributed by atoms with Crippen LogP contribution in [0.2, 0.25) is 5.28 Å². The zero-order valence-corrected chi connectivity index (χ0v) is 19.3. The molecule has 0 amide bonds. The lowest BCUT2D eigenvalue weighted by atomic mass is 10.1. The van der Waals surface area contributed by atoms with E-state index in [1.165, 1.54) is 16.9 Å². The van der Waals surface area contributed by atoms with E-state index in [-0.39, 0.29) is 23.4 Å². The predicted octanol–water partition coefficient (Wildman–Crippen LogP) is 1.56. The van der Waals surface area contributed by atoms with Gasteiger partial charge < -0.3 is 34.8 Å². The summed E-state index contributed by atoms with van der Waals surface area (Å²) in [6.45, 7) is 1.37. The molecule has 1 saturated heterocycles. The number of nitrogens with one attached hydrogen (secondary N) is 1. The maximum atomic E-state index is 14.2. The number of aliphatic hydroxyl groups excluding tert-OH is 2. The molecule has 34 heavy (non-hydrogen) atoms. The van der Waals surface area contributed by atoms with Gasteiger partial charge in [-0.25, -0.2) is 9.07 Å². The fourth-order valence-electron chi connectivity index (χ4n) is 3.66. The first-order valence-corrected chi connectivity index (χ1v) is 12.3. The lowest BCUT2D eigenvalue weighted by molar-refractivity contribution is -0.0658. The van der Waals surface area contributed by atoms with Crippen LogP contribution in [0, 0.1) is 5.82 Å². The maximum Gasteiger partial charge on any atom is 0.350 e. The van der Waals surface area contributed by atoms with E-state index in [9.17, 15) is 19.2 Å². The molecule has 1 aromatic carbocycles. The van der Waals surface area contributed by atoms with Crippen LogP contribution in [0.4, 0.5) is 10.2 Å². The standard InChI is InChI=1S/C19H22ClFN5O7P/c1-9(10-4-2-3-5-12(10)21)23-16-11-6-22-26(17(11)25-19(20)24-16)18-15(28)14(27)13(33-18)7-32-8-34(29,30)31/h2-6,9,13-15,18,27-28H,7-8H2,1H3,(H,23,24,25)(H2,29,30,31)/t9-,13+,14+,15+,18+/m0/s1. The normalized spacial score (nSPS) is 24.0. The predicted molar refractivity (Wildman–Crippen MR) is 118 cm³/mol. The van der Waals surface area contributed by atoms with Gasteiger partial charge in [0, 0.05) is 5.56 Å². The van der Waals surface area contributed by atoms with Crippen LogP contribution in [-0.4, -0.2) is 71.0 Å². The molecule has 15 heteroatoms. The molecular weight excluding hydrogens is 496 g/mol. The number of fused-ring (bicyclic) bond motifs is 1. The Hall–Kier alpha value is -2.22. The van der Waals surface area contributed by atoms with Gasteiger partial charge in [-0.15, -0.1) is 0 Å². The fourth-order valence-corrected chi connectivity index (χ4v) is 4.17. The molecular formula is C19H22ClFN5O7P. The van der Waals surface area contributed by atoms with E-state index in [1.54, 1.807) is 25.1 Å². The average Bonchev–Trinajstić information content (AvgIpc) is 3.29. The number of rotatable bonds is 8. The topological polar surface area (TPSA) is 172 Å². The molecule has 0 unspecified atom stereocenters. The second-order valence-corrected chi connectivity index (χ2v) is 9.69. The minimum absolute atomic E-state index is 0.146. The molecule has 0 radical (unpaired) electrons. The first kappa shape index (κ1) is 24.9. The van der Waals surface area contributed by atoms with Crippen molar-refractivity contribution in [3.8, 4) is 0 Å². The highest BCUT2D eigenvalue weighted by molar-refractivity contribution is 7.51. The number of hydrogen-bond acceptors (Lipinski definition) is 9. The monoisotopic (exact) mass is 517 g/mol. The van der Waals surface area contributed by atoms with Gasteiger partial charge in [-0.3, -0.25) is 4.57 Å². The third kappa shape index (κ3) is 5.21. The summed E-state index contributed by atoms with van der Waals surface area (Å²) in [5.41, 5.74) is 0.588. The van der Waals surface area contributed by atoms with Crippen LogP contribution in [0.3, 0.4) is 0 Å². The van der Waals surface area contributed by atoms with Crippen LogP contribution in [0.15, 0.2) is 30.5 Å². The second-order valence-electron chi connectivity index (χ2n) is 7.77. The van der Waals surface area contributed by atoms with Crippen molar-refractivity contribution in [2.45, 2.75) is 37.5 Å². The number of halogens is 2. The molecule has 0 spiro atoms. The van der Waals surface area contributed by atoms with Crippen LogP contribution < -0.4 is 5.32 Å². The Kier molecular flexibility index (Phi) is 7.17. The highest BCUT2D eigenvalue weighted by Gasteiger charge is 2.45. The number of aromatic nitrogens is 4. The number of nitrogens with zero attached hydrogens (tertiary/aromatic N) is 4. The van der Waals surface area contributed by atoms with Crippen molar-refractivity contribution in [3.63, 3.8) is 0 Å². The highest BCUT2D eigenvalue weighted by atomic mass is 35.5. The van der Waals surface area contributed by atoms with Gasteiger partial charge in [0.05, 0.1) is 24.2 Å². The summed E-state index contributed by atoms with van der Waals surface area (Å²) in [4.78, 5) is 26.1. The molecule has 0 saturated carbocycles. The summed E-state index contributed by atoms with van der Waals surface area (Å²) in [5, 5.41) is 28.3. The summed E-state index contributed by atoms with van der Waals surface area (Å²) in [5.74, 6) is -0.121. The SMILES string of the molecule is C[C@H](Nc1nc(Cl)nc2c1cnn2[C@@H]1O[C@H](COCP(=O)(O)O)[C@@H](O)[C@H]1O)c1ccccc1F. The third-order valence-electron chi connectivity index (χ3n) is 5.27. The first-order valence-electron chi connectivity index (χ1n) is 10.1. The lowest BCUT2D eigenvalue weighted by Gasteiger charge is -2.18. The smallest absolute Gasteiger partial charge is 0.350 e. The number of hydrogen-bond donors (Lipinski definition) is 5. The van der Waals surface area contributed by atoms with Gasteiger partial charge in [0.15, 0.2) is 11.9 Å². The van der Waals surface area contributed by atoms with E-state index in [2.05, 4.69) is 20.4 Å². The zero-order chi connectivity index (χ0) is 24.6. The van der Waals surface area contributed by atoms with Crippen molar-refractivity contribution in [3.05, 3.63) is 47.1 Å². The van der Waals surface area contributed by atoms with Gasteiger partial charge in [0.25, 0.3) is 0 Å². The summed E-state index contributed by atoms with van der Waals surface area (Å²) >= 11 is 6.10. The molecule has 5 atom stereocenters. The Balaban J connectivity index is 1.58. The molecule has 4 rings (SSSR count). The van der Waals surface area contributed by atoms with Crippen LogP contribution in [0.5, 0.6) is 0 Å². The average molecular weight is 518 g/mol. The lowest BCUT2D eigenvalue weighted by Crippen LogP contribution is -2.34. The van der Waals surface area contributed by atoms with Gasteiger partial charge in [-0.1, -0.05) is 18.2 Å². The molecule has 1 aliphatic rings. The number of aliphatic hydroxyl groups is 2. The molecule has 0 bridgehead atoms. The molecule has 1 fully saturated rings. The zero-order valence-electron chi connectivity index (χ0n) is 17.7. The molecule has 184 valence electrons. The second kappa shape index (κ2) is 9.80. The molecule has 5 N–H and O–H groups in total. The minimum Gasteiger partial charge on any atom is -0.387 e. The van der Waals surface area contributed by atoms with Gasteiger partial charge in [0.1, 0.15) is 36.3 Å². The van der Waals surface area contributed by atoms with Crippen molar-refractivity contribution < 1.29 is 38.4 Å². The van der Waals surface area contributed by atoms with Crippen molar-refractivity contribution in [2.24, 2.45) is 0 Å². The molecule has 0 aliphatic carbocycles. The van der Waals surface area contributed by atoms with E-state index < -0.39 is 50.3 Å². The number of benzene rings is 1. The first-order chi connectivity index (χ1) is 16.0. The Morgan fingerprint density at radius 3 is 2.74 bits per heavy atom. The van der Waals surface area contributed by atoms with Gasteiger partial charge in [-0.05, 0) is 24.6 Å². The Bertz CT molecular complexity index is 1230. The fraction of sp³-hybridized carbons (Fsp3) is 0.421. The number of anilines is 1.